The van der Waals surface area contributed by atoms with Crippen molar-refractivity contribution in [3.63, 3.8) is 0 Å². The first kappa shape index (κ1) is 17.2. The molecule has 1 N–H and O–H groups in total. The molecule has 0 atom stereocenters. The van der Waals surface area contributed by atoms with Crippen LogP contribution in [0, 0.1) is 0 Å². The van der Waals surface area contributed by atoms with E-state index in [4.69, 9.17) is 14.2 Å². The molecule has 4 nitrogen and oxygen atoms in total. The van der Waals surface area contributed by atoms with E-state index in [0.717, 1.165) is 36.8 Å². The lowest BCUT2D eigenvalue weighted by Crippen LogP contribution is -2.23. The van der Waals surface area contributed by atoms with E-state index in [2.05, 4.69) is 5.32 Å². The van der Waals surface area contributed by atoms with Crippen molar-refractivity contribution in [3.05, 3.63) is 54.6 Å². The van der Waals surface area contributed by atoms with Crippen molar-refractivity contribution in [2.75, 3.05) is 32.9 Å². The SMILES string of the molecule is CCOc1cccc(OCCNCCCOc2ccccc2)c1. The number of nitrogens with one attached hydrogen (secondary N) is 1. The standard InChI is InChI=1S/C19H25NO3/c1-2-21-18-10-6-11-19(16-18)23-15-13-20-12-7-14-22-17-8-4-3-5-9-17/h3-6,8-11,16,20H,2,7,12-15H2,1H3. The van der Waals surface area contributed by atoms with Gasteiger partial charge in [-0.25, -0.2) is 0 Å². The van der Waals surface area contributed by atoms with Gasteiger partial charge in [0.25, 0.3) is 0 Å². The van der Waals surface area contributed by atoms with Gasteiger partial charge in [-0.05, 0) is 44.2 Å². The Morgan fingerprint density at radius 3 is 2.22 bits per heavy atom. The lowest BCUT2D eigenvalue weighted by molar-refractivity contribution is 0.292. The first-order chi connectivity index (χ1) is 11.4. The van der Waals surface area contributed by atoms with Crippen molar-refractivity contribution in [1.82, 2.24) is 5.32 Å². The molecule has 0 aliphatic rings. The summed E-state index contributed by atoms with van der Waals surface area (Å²) in [7, 11) is 0. The fourth-order valence-corrected chi connectivity index (χ4v) is 2.09. The fraction of sp³-hybridized carbons (Fsp3) is 0.368. The monoisotopic (exact) mass is 315 g/mol. The Morgan fingerprint density at radius 2 is 1.43 bits per heavy atom. The average Bonchev–Trinajstić information content (AvgIpc) is 2.59. The zero-order valence-corrected chi connectivity index (χ0v) is 13.7. The molecule has 0 saturated carbocycles. The zero-order chi connectivity index (χ0) is 16.2. The van der Waals surface area contributed by atoms with Crippen LogP contribution in [0.2, 0.25) is 0 Å². The Morgan fingerprint density at radius 1 is 0.739 bits per heavy atom. The molecule has 0 aliphatic heterocycles. The van der Waals surface area contributed by atoms with Crippen molar-refractivity contribution in [3.8, 4) is 17.2 Å². The van der Waals surface area contributed by atoms with Gasteiger partial charge in [0.1, 0.15) is 23.9 Å². The van der Waals surface area contributed by atoms with Crippen LogP contribution in [-0.2, 0) is 0 Å². The third-order valence-electron chi connectivity index (χ3n) is 3.17. The molecule has 0 bridgehead atoms. The van der Waals surface area contributed by atoms with Crippen LogP contribution in [0.3, 0.4) is 0 Å². The van der Waals surface area contributed by atoms with E-state index in [1.54, 1.807) is 0 Å². The second-order valence-electron chi connectivity index (χ2n) is 5.02. The molecule has 0 spiro atoms. The van der Waals surface area contributed by atoms with E-state index in [-0.39, 0.29) is 0 Å². The van der Waals surface area contributed by atoms with E-state index in [1.807, 2.05) is 61.5 Å². The molecule has 124 valence electrons. The lowest BCUT2D eigenvalue weighted by Gasteiger charge is -2.10. The molecule has 4 heteroatoms. The number of para-hydroxylation sites is 1. The highest BCUT2D eigenvalue weighted by Gasteiger charge is 1.97. The molecule has 0 aromatic heterocycles. The van der Waals surface area contributed by atoms with Gasteiger partial charge in [-0.3, -0.25) is 0 Å². The Hall–Kier alpha value is -2.20. The quantitative estimate of drug-likeness (QED) is 0.644. The highest BCUT2D eigenvalue weighted by molar-refractivity contribution is 5.32. The van der Waals surface area contributed by atoms with Crippen molar-refractivity contribution < 1.29 is 14.2 Å². The predicted molar refractivity (Wildman–Crippen MR) is 92.5 cm³/mol. The molecule has 23 heavy (non-hydrogen) atoms. The summed E-state index contributed by atoms with van der Waals surface area (Å²) in [6.45, 7) is 5.71. The van der Waals surface area contributed by atoms with Gasteiger partial charge in [-0.2, -0.15) is 0 Å². The molecular weight excluding hydrogens is 290 g/mol. The molecule has 0 saturated heterocycles. The molecule has 2 aromatic rings. The number of hydrogen-bond donors (Lipinski definition) is 1. The lowest BCUT2D eigenvalue weighted by atomic mass is 10.3. The van der Waals surface area contributed by atoms with Crippen LogP contribution < -0.4 is 19.5 Å². The number of ether oxygens (including phenoxy) is 3. The minimum atomic E-state index is 0.634. The summed E-state index contributed by atoms with van der Waals surface area (Å²) in [5.41, 5.74) is 0. The van der Waals surface area contributed by atoms with E-state index in [0.29, 0.717) is 19.8 Å². The minimum Gasteiger partial charge on any atom is -0.494 e. The van der Waals surface area contributed by atoms with Crippen LogP contribution in [0.1, 0.15) is 13.3 Å². The first-order valence-corrected chi connectivity index (χ1v) is 8.12. The molecule has 0 amide bonds. The maximum atomic E-state index is 5.70. The number of rotatable bonds is 11. The van der Waals surface area contributed by atoms with Crippen LogP contribution in [0.5, 0.6) is 17.2 Å². The van der Waals surface area contributed by atoms with Crippen molar-refractivity contribution in [2.24, 2.45) is 0 Å². The van der Waals surface area contributed by atoms with Crippen molar-refractivity contribution >= 4 is 0 Å². The normalized spacial score (nSPS) is 10.3. The molecule has 2 rings (SSSR count). The van der Waals surface area contributed by atoms with Crippen LogP contribution in [-0.4, -0.2) is 32.9 Å². The summed E-state index contributed by atoms with van der Waals surface area (Å²) in [4.78, 5) is 0. The summed E-state index contributed by atoms with van der Waals surface area (Å²) in [5, 5.41) is 3.35. The van der Waals surface area contributed by atoms with Gasteiger partial charge in [0.15, 0.2) is 0 Å². The van der Waals surface area contributed by atoms with Gasteiger partial charge in [-0.15, -0.1) is 0 Å². The third-order valence-corrected chi connectivity index (χ3v) is 3.17. The molecule has 0 fully saturated rings. The van der Waals surface area contributed by atoms with Gasteiger partial charge in [0.05, 0.1) is 13.2 Å². The number of benzene rings is 2. The summed E-state index contributed by atoms with van der Waals surface area (Å²) >= 11 is 0. The van der Waals surface area contributed by atoms with E-state index >= 15 is 0 Å². The smallest absolute Gasteiger partial charge is 0.123 e. The maximum Gasteiger partial charge on any atom is 0.123 e. The molecule has 0 heterocycles. The van der Waals surface area contributed by atoms with Crippen LogP contribution in [0.25, 0.3) is 0 Å². The van der Waals surface area contributed by atoms with Crippen LogP contribution in [0.15, 0.2) is 54.6 Å². The Kier molecular flexibility index (Phi) is 7.84. The van der Waals surface area contributed by atoms with E-state index < -0.39 is 0 Å². The van der Waals surface area contributed by atoms with E-state index in [1.165, 1.54) is 0 Å². The Bertz CT molecular complexity index is 545. The molecule has 0 radical (unpaired) electrons. The Balaban J connectivity index is 1.50. The predicted octanol–water partition coefficient (Wildman–Crippen LogP) is 3.52. The molecular formula is C19H25NO3. The Labute approximate surface area is 138 Å². The van der Waals surface area contributed by atoms with Crippen LogP contribution >= 0.6 is 0 Å². The summed E-state index contributed by atoms with van der Waals surface area (Å²) in [6, 6.07) is 17.6. The van der Waals surface area contributed by atoms with Crippen molar-refractivity contribution in [2.45, 2.75) is 13.3 Å². The van der Waals surface area contributed by atoms with Gasteiger partial charge in [0, 0.05) is 12.6 Å². The average molecular weight is 315 g/mol. The summed E-state index contributed by atoms with van der Waals surface area (Å²) < 4.78 is 16.8. The second kappa shape index (κ2) is 10.5. The topological polar surface area (TPSA) is 39.7 Å². The number of hydrogen-bond acceptors (Lipinski definition) is 4. The third kappa shape index (κ3) is 7.06. The van der Waals surface area contributed by atoms with Gasteiger partial charge >= 0.3 is 0 Å². The summed E-state index contributed by atoms with van der Waals surface area (Å²) in [6.07, 6.45) is 0.967. The highest BCUT2D eigenvalue weighted by Crippen LogP contribution is 2.19. The second-order valence-corrected chi connectivity index (χ2v) is 5.02. The fourth-order valence-electron chi connectivity index (χ4n) is 2.09. The van der Waals surface area contributed by atoms with Crippen LogP contribution in [0.4, 0.5) is 0 Å². The largest absolute Gasteiger partial charge is 0.494 e. The molecule has 0 aliphatic carbocycles. The van der Waals surface area contributed by atoms with Gasteiger partial charge in [0.2, 0.25) is 0 Å². The van der Waals surface area contributed by atoms with Crippen molar-refractivity contribution in [1.29, 1.82) is 0 Å². The first-order valence-electron chi connectivity index (χ1n) is 8.12. The zero-order valence-electron chi connectivity index (χ0n) is 13.7. The van der Waals surface area contributed by atoms with E-state index in [9.17, 15) is 0 Å². The molecule has 0 unspecified atom stereocenters. The minimum absolute atomic E-state index is 0.634. The summed E-state index contributed by atoms with van der Waals surface area (Å²) in [5.74, 6) is 2.60. The van der Waals surface area contributed by atoms with Gasteiger partial charge < -0.3 is 19.5 Å². The highest BCUT2D eigenvalue weighted by atomic mass is 16.5. The maximum absolute atomic E-state index is 5.70. The van der Waals surface area contributed by atoms with Gasteiger partial charge in [-0.1, -0.05) is 24.3 Å². The molecule has 2 aromatic carbocycles.